The standard InChI is InChI=1S/C12H16F2N2O2S/c1-7(8-3-2-4-8)16-19(17,18)12-6-11(15)9(13)5-10(12)14/h5-8,16H,2-4,15H2,1H3. The highest BCUT2D eigenvalue weighted by Crippen LogP contribution is 2.30. The van der Waals surface area contributed by atoms with Crippen LogP contribution in [0.2, 0.25) is 0 Å². The maximum atomic E-state index is 13.6. The van der Waals surface area contributed by atoms with Crippen molar-refractivity contribution in [3.8, 4) is 0 Å². The number of nitrogens with two attached hydrogens (primary N) is 1. The number of hydrogen-bond donors (Lipinski definition) is 2. The molecule has 1 atom stereocenters. The molecule has 0 radical (unpaired) electrons. The lowest BCUT2D eigenvalue weighted by Gasteiger charge is -2.31. The van der Waals surface area contributed by atoms with E-state index in [9.17, 15) is 17.2 Å². The van der Waals surface area contributed by atoms with Crippen LogP contribution in [-0.4, -0.2) is 14.5 Å². The summed E-state index contributed by atoms with van der Waals surface area (Å²) in [6.07, 6.45) is 2.99. The molecule has 0 bridgehead atoms. The van der Waals surface area contributed by atoms with Gasteiger partial charge in [-0.1, -0.05) is 6.42 Å². The van der Waals surface area contributed by atoms with Gasteiger partial charge in [-0.15, -0.1) is 0 Å². The predicted molar refractivity (Wildman–Crippen MR) is 67.9 cm³/mol. The van der Waals surface area contributed by atoms with E-state index < -0.39 is 32.2 Å². The van der Waals surface area contributed by atoms with Crippen molar-refractivity contribution >= 4 is 15.7 Å². The summed E-state index contributed by atoms with van der Waals surface area (Å²) in [5.41, 5.74) is 4.89. The van der Waals surface area contributed by atoms with Crippen LogP contribution in [0.5, 0.6) is 0 Å². The van der Waals surface area contributed by atoms with Gasteiger partial charge in [0.2, 0.25) is 10.0 Å². The van der Waals surface area contributed by atoms with E-state index in [-0.39, 0.29) is 12.0 Å². The third kappa shape index (κ3) is 2.87. The van der Waals surface area contributed by atoms with Crippen LogP contribution >= 0.6 is 0 Å². The fraction of sp³-hybridized carbons (Fsp3) is 0.500. The van der Waals surface area contributed by atoms with Gasteiger partial charge in [0.15, 0.2) is 0 Å². The summed E-state index contributed by atoms with van der Waals surface area (Å²) in [4.78, 5) is -0.613. The van der Waals surface area contributed by atoms with E-state index in [1.807, 2.05) is 0 Å². The summed E-state index contributed by atoms with van der Waals surface area (Å²) >= 11 is 0. The van der Waals surface area contributed by atoms with Gasteiger partial charge in [-0.05, 0) is 31.7 Å². The molecule has 1 aromatic carbocycles. The van der Waals surface area contributed by atoms with Gasteiger partial charge in [0, 0.05) is 12.1 Å². The predicted octanol–water partition coefficient (Wildman–Crippen LogP) is 2.01. The Balaban J connectivity index is 2.26. The lowest BCUT2D eigenvalue weighted by Crippen LogP contribution is -2.40. The molecule has 7 heteroatoms. The Morgan fingerprint density at radius 3 is 2.47 bits per heavy atom. The SMILES string of the molecule is CC(NS(=O)(=O)c1cc(N)c(F)cc1F)C1CCC1. The van der Waals surface area contributed by atoms with Crippen molar-refractivity contribution in [2.45, 2.75) is 37.1 Å². The Labute approximate surface area is 111 Å². The zero-order valence-electron chi connectivity index (χ0n) is 10.5. The highest BCUT2D eigenvalue weighted by Gasteiger charge is 2.29. The van der Waals surface area contributed by atoms with Crippen molar-refractivity contribution in [2.24, 2.45) is 5.92 Å². The van der Waals surface area contributed by atoms with Crippen LogP contribution < -0.4 is 10.5 Å². The second-order valence-corrected chi connectivity index (χ2v) is 6.59. The van der Waals surface area contributed by atoms with Gasteiger partial charge in [0.05, 0.1) is 5.69 Å². The molecule has 2 rings (SSSR count). The summed E-state index contributed by atoms with van der Waals surface area (Å²) in [6.45, 7) is 1.74. The summed E-state index contributed by atoms with van der Waals surface area (Å²) in [5.74, 6) is -1.83. The molecule has 19 heavy (non-hydrogen) atoms. The van der Waals surface area contributed by atoms with Crippen LogP contribution in [0.4, 0.5) is 14.5 Å². The Kier molecular flexibility index (Phi) is 3.78. The number of nitrogens with one attached hydrogen (secondary N) is 1. The molecule has 0 aliphatic heterocycles. The minimum absolute atomic E-state index is 0.274. The van der Waals surface area contributed by atoms with Gasteiger partial charge < -0.3 is 5.73 Å². The molecule has 0 saturated heterocycles. The van der Waals surface area contributed by atoms with Gasteiger partial charge in [0.25, 0.3) is 0 Å². The number of halogens is 2. The maximum Gasteiger partial charge on any atom is 0.243 e. The molecule has 1 fully saturated rings. The lowest BCUT2D eigenvalue weighted by molar-refractivity contribution is 0.260. The monoisotopic (exact) mass is 290 g/mol. The molecular formula is C12H16F2N2O2S. The number of nitrogen functional groups attached to an aromatic ring is 1. The van der Waals surface area contributed by atoms with Crippen LogP contribution in [0.15, 0.2) is 17.0 Å². The molecule has 4 nitrogen and oxygen atoms in total. The van der Waals surface area contributed by atoms with Crippen molar-refractivity contribution in [1.29, 1.82) is 0 Å². The normalized spacial score (nSPS) is 18.1. The first-order chi connectivity index (χ1) is 8.81. The number of benzene rings is 1. The lowest BCUT2D eigenvalue weighted by atomic mass is 9.81. The van der Waals surface area contributed by atoms with Crippen molar-refractivity contribution in [3.63, 3.8) is 0 Å². The second-order valence-electron chi connectivity index (χ2n) is 4.91. The first-order valence-electron chi connectivity index (χ1n) is 6.08. The second kappa shape index (κ2) is 5.05. The van der Waals surface area contributed by atoms with E-state index in [4.69, 9.17) is 5.73 Å². The van der Waals surface area contributed by atoms with Crippen molar-refractivity contribution in [2.75, 3.05) is 5.73 Å². The van der Waals surface area contributed by atoms with E-state index in [2.05, 4.69) is 4.72 Å². The van der Waals surface area contributed by atoms with Crippen LogP contribution in [-0.2, 0) is 10.0 Å². The number of anilines is 1. The molecule has 0 heterocycles. The number of hydrogen-bond acceptors (Lipinski definition) is 3. The molecule has 1 aliphatic carbocycles. The van der Waals surface area contributed by atoms with Gasteiger partial charge in [-0.3, -0.25) is 0 Å². The van der Waals surface area contributed by atoms with E-state index in [1.54, 1.807) is 6.92 Å². The van der Waals surface area contributed by atoms with Crippen molar-refractivity contribution in [3.05, 3.63) is 23.8 Å². The Morgan fingerprint density at radius 2 is 1.95 bits per heavy atom. The van der Waals surface area contributed by atoms with E-state index >= 15 is 0 Å². The Bertz CT molecular complexity index is 586. The minimum atomic E-state index is -4.02. The molecule has 0 spiro atoms. The fourth-order valence-electron chi connectivity index (χ4n) is 2.10. The van der Waals surface area contributed by atoms with E-state index in [0.717, 1.165) is 25.3 Å². The molecule has 1 aliphatic rings. The first-order valence-corrected chi connectivity index (χ1v) is 7.56. The summed E-state index contributed by atoms with van der Waals surface area (Å²) in [5, 5.41) is 0. The maximum absolute atomic E-state index is 13.6. The van der Waals surface area contributed by atoms with Gasteiger partial charge in [-0.2, -0.15) is 0 Å². The van der Waals surface area contributed by atoms with Gasteiger partial charge in [0.1, 0.15) is 16.5 Å². The third-order valence-electron chi connectivity index (χ3n) is 3.54. The average Bonchev–Trinajstić information content (AvgIpc) is 2.19. The molecule has 1 unspecified atom stereocenters. The Morgan fingerprint density at radius 1 is 1.32 bits per heavy atom. The zero-order valence-corrected chi connectivity index (χ0v) is 11.3. The van der Waals surface area contributed by atoms with Crippen molar-refractivity contribution in [1.82, 2.24) is 4.72 Å². The highest BCUT2D eigenvalue weighted by atomic mass is 32.2. The quantitative estimate of drug-likeness (QED) is 0.833. The van der Waals surface area contributed by atoms with Crippen LogP contribution in [0.3, 0.4) is 0 Å². The fourth-order valence-corrected chi connectivity index (χ4v) is 3.50. The number of rotatable bonds is 4. The highest BCUT2D eigenvalue weighted by molar-refractivity contribution is 7.89. The molecule has 3 N–H and O–H groups in total. The van der Waals surface area contributed by atoms with Crippen molar-refractivity contribution < 1.29 is 17.2 Å². The molecule has 0 aromatic heterocycles. The largest absolute Gasteiger partial charge is 0.396 e. The van der Waals surface area contributed by atoms with Gasteiger partial charge in [-0.25, -0.2) is 21.9 Å². The van der Waals surface area contributed by atoms with E-state index in [0.29, 0.717) is 6.07 Å². The average molecular weight is 290 g/mol. The van der Waals surface area contributed by atoms with Gasteiger partial charge >= 0.3 is 0 Å². The van der Waals surface area contributed by atoms with Crippen LogP contribution in [0, 0.1) is 17.6 Å². The topological polar surface area (TPSA) is 72.2 Å². The molecule has 1 saturated carbocycles. The molecular weight excluding hydrogens is 274 g/mol. The third-order valence-corrected chi connectivity index (χ3v) is 5.11. The molecule has 106 valence electrons. The van der Waals surface area contributed by atoms with Crippen LogP contribution in [0.25, 0.3) is 0 Å². The van der Waals surface area contributed by atoms with Crippen LogP contribution in [0.1, 0.15) is 26.2 Å². The smallest absolute Gasteiger partial charge is 0.243 e. The molecule has 0 amide bonds. The summed E-state index contributed by atoms with van der Waals surface area (Å²) in [6, 6.07) is 1.02. The number of sulfonamides is 1. The minimum Gasteiger partial charge on any atom is -0.396 e. The Hall–Kier alpha value is -1.21. The zero-order chi connectivity index (χ0) is 14.2. The molecule has 1 aromatic rings. The first kappa shape index (κ1) is 14.2. The summed E-state index contributed by atoms with van der Waals surface area (Å²) in [7, 11) is -4.02. The van der Waals surface area contributed by atoms with E-state index in [1.165, 1.54) is 0 Å². The summed E-state index contributed by atoms with van der Waals surface area (Å²) < 4.78 is 53.1.